The van der Waals surface area contributed by atoms with Gasteiger partial charge in [-0.2, -0.15) is 0 Å². The summed E-state index contributed by atoms with van der Waals surface area (Å²) in [4.78, 5) is 69.6. The maximum Gasteiger partial charge on any atom is 0.262 e. The molecular weight excluding hydrogens is 402 g/mol. The van der Waals surface area contributed by atoms with E-state index < -0.39 is 35.6 Å². The van der Waals surface area contributed by atoms with Crippen molar-refractivity contribution in [2.75, 3.05) is 0 Å². The number of nitrogens with one attached hydrogen (secondary N) is 2. The summed E-state index contributed by atoms with van der Waals surface area (Å²) in [7, 11) is 0. The number of nitrogens with zero attached hydrogens (tertiary/aromatic N) is 3. The molecule has 0 radical (unpaired) electrons. The van der Waals surface area contributed by atoms with Gasteiger partial charge in [0, 0.05) is 18.2 Å². The first kappa shape index (κ1) is 19.9. The van der Waals surface area contributed by atoms with Crippen LogP contribution in [-0.2, 0) is 16.1 Å². The summed E-state index contributed by atoms with van der Waals surface area (Å²) in [5, 5.41) is 4.80. The van der Waals surface area contributed by atoms with E-state index in [-0.39, 0.29) is 36.1 Å². The lowest BCUT2D eigenvalue weighted by Gasteiger charge is -2.27. The Morgan fingerprint density at radius 3 is 2.61 bits per heavy atom. The minimum atomic E-state index is -1.06. The lowest BCUT2D eigenvalue weighted by Crippen LogP contribution is -2.54. The number of rotatable bonds is 4. The van der Waals surface area contributed by atoms with Crippen molar-refractivity contribution in [2.45, 2.75) is 25.4 Å². The first-order valence-electron chi connectivity index (χ1n) is 9.35. The largest absolute Gasteiger partial charge is 0.346 e. The van der Waals surface area contributed by atoms with Gasteiger partial charge in [0.05, 0.1) is 29.9 Å². The number of amides is 5. The van der Waals surface area contributed by atoms with Gasteiger partial charge in [-0.15, -0.1) is 0 Å². The summed E-state index contributed by atoms with van der Waals surface area (Å²) in [6.45, 7) is 7.03. The van der Waals surface area contributed by atoms with E-state index in [1.165, 1.54) is 24.4 Å². The highest BCUT2D eigenvalue weighted by Crippen LogP contribution is 2.28. The lowest BCUT2D eigenvalue weighted by molar-refractivity contribution is -0.136. The second-order valence-corrected chi connectivity index (χ2v) is 7.01. The number of aromatic nitrogens is 1. The molecule has 0 aliphatic carbocycles. The number of piperidine rings is 1. The number of pyridine rings is 1. The Morgan fingerprint density at radius 2 is 1.94 bits per heavy atom. The van der Waals surface area contributed by atoms with Crippen LogP contribution in [0, 0.1) is 6.57 Å². The highest BCUT2D eigenvalue weighted by atomic mass is 16.2. The number of hydrogen-bond donors (Lipinski definition) is 2. The van der Waals surface area contributed by atoms with Crippen molar-refractivity contribution in [3.63, 3.8) is 0 Å². The van der Waals surface area contributed by atoms with Crippen LogP contribution in [0.1, 0.15) is 49.6 Å². The van der Waals surface area contributed by atoms with Crippen LogP contribution < -0.4 is 10.6 Å². The quantitative estimate of drug-likeness (QED) is 0.563. The molecule has 0 bridgehead atoms. The maximum atomic E-state index is 12.8. The van der Waals surface area contributed by atoms with Gasteiger partial charge in [-0.05, 0) is 30.7 Å². The van der Waals surface area contributed by atoms with Gasteiger partial charge < -0.3 is 5.32 Å². The number of imide groups is 2. The molecule has 2 aliphatic heterocycles. The summed E-state index contributed by atoms with van der Waals surface area (Å²) in [6.07, 6.45) is 1.49. The van der Waals surface area contributed by atoms with Crippen molar-refractivity contribution in [3.05, 3.63) is 70.3 Å². The summed E-state index contributed by atoms with van der Waals surface area (Å²) in [5.74, 6) is -2.93. The summed E-state index contributed by atoms with van der Waals surface area (Å²) >= 11 is 0. The number of fused-ring (bicyclic) bond motifs is 1. The average molecular weight is 417 g/mol. The molecule has 1 atom stereocenters. The zero-order valence-electron chi connectivity index (χ0n) is 16.0. The Bertz CT molecular complexity index is 1180. The molecule has 31 heavy (non-hydrogen) atoms. The number of hydrogen-bond acceptors (Lipinski definition) is 6. The van der Waals surface area contributed by atoms with E-state index in [0.29, 0.717) is 11.4 Å². The molecule has 1 aromatic heterocycles. The normalized spacial score (nSPS) is 17.8. The Labute approximate surface area is 176 Å². The fraction of sp³-hybridized carbons (Fsp3) is 0.190. The fourth-order valence-corrected chi connectivity index (χ4v) is 3.47. The molecule has 2 N–H and O–H groups in total. The zero-order valence-corrected chi connectivity index (χ0v) is 16.0. The predicted octanol–water partition coefficient (Wildman–Crippen LogP) is 0.964. The van der Waals surface area contributed by atoms with Gasteiger partial charge in [-0.25, -0.2) is 4.85 Å². The van der Waals surface area contributed by atoms with E-state index in [0.717, 1.165) is 4.90 Å². The Kier molecular flexibility index (Phi) is 5.00. The number of benzene rings is 1. The van der Waals surface area contributed by atoms with Crippen molar-refractivity contribution in [3.8, 4) is 0 Å². The Hall–Kier alpha value is -4.39. The molecule has 3 heterocycles. The molecule has 10 heteroatoms. The van der Waals surface area contributed by atoms with Gasteiger partial charge in [0.25, 0.3) is 17.7 Å². The summed E-state index contributed by atoms with van der Waals surface area (Å²) in [5.41, 5.74) is 1.24. The van der Waals surface area contributed by atoms with E-state index in [4.69, 9.17) is 6.57 Å². The topological polar surface area (TPSA) is 130 Å². The van der Waals surface area contributed by atoms with E-state index in [1.807, 2.05) is 0 Å². The highest BCUT2D eigenvalue weighted by Gasteiger charge is 2.44. The van der Waals surface area contributed by atoms with Crippen LogP contribution in [0.3, 0.4) is 0 Å². The molecule has 10 nitrogen and oxygen atoms in total. The second-order valence-electron chi connectivity index (χ2n) is 7.01. The van der Waals surface area contributed by atoms with Crippen molar-refractivity contribution < 1.29 is 24.0 Å². The molecule has 2 aromatic rings. The van der Waals surface area contributed by atoms with E-state index >= 15 is 0 Å². The lowest BCUT2D eigenvalue weighted by atomic mass is 10.0. The summed E-state index contributed by atoms with van der Waals surface area (Å²) < 4.78 is 0. The Morgan fingerprint density at radius 1 is 1.16 bits per heavy atom. The molecule has 0 saturated carbocycles. The van der Waals surface area contributed by atoms with Crippen molar-refractivity contribution in [2.24, 2.45) is 0 Å². The molecule has 2 aliphatic rings. The van der Waals surface area contributed by atoms with Crippen molar-refractivity contribution >= 4 is 35.2 Å². The first-order valence-corrected chi connectivity index (χ1v) is 9.35. The smallest absolute Gasteiger partial charge is 0.262 e. The predicted molar refractivity (Wildman–Crippen MR) is 105 cm³/mol. The molecule has 1 unspecified atom stereocenters. The molecule has 1 aromatic carbocycles. The number of carbonyl (C=O) groups excluding carboxylic acids is 5. The molecule has 5 amide bonds. The first-order chi connectivity index (χ1) is 14.9. The van der Waals surface area contributed by atoms with Gasteiger partial charge in [0.15, 0.2) is 0 Å². The molecular formula is C21H15N5O5. The Balaban J connectivity index is 1.50. The van der Waals surface area contributed by atoms with Gasteiger partial charge in [0.1, 0.15) is 6.04 Å². The van der Waals surface area contributed by atoms with Crippen LogP contribution in [0.5, 0.6) is 0 Å². The van der Waals surface area contributed by atoms with E-state index in [9.17, 15) is 24.0 Å². The SMILES string of the molecule is [C-]#[N+]c1ccc(CNC(=O)c2ccc3c(c2)C(=O)N(C2CCC(=O)NC2=O)C3=O)nc1. The van der Waals surface area contributed by atoms with Crippen LogP contribution >= 0.6 is 0 Å². The molecule has 0 spiro atoms. The average Bonchev–Trinajstić information content (AvgIpc) is 3.02. The highest BCUT2D eigenvalue weighted by molar-refractivity contribution is 6.24. The van der Waals surface area contributed by atoms with Gasteiger partial charge in [0.2, 0.25) is 17.5 Å². The summed E-state index contributed by atoms with van der Waals surface area (Å²) in [6, 6.07) is 6.25. The van der Waals surface area contributed by atoms with Crippen LogP contribution in [0.25, 0.3) is 4.85 Å². The van der Waals surface area contributed by atoms with E-state index in [1.54, 1.807) is 12.1 Å². The van der Waals surface area contributed by atoms with Crippen LogP contribution in [0.2, 0.25) is 0 Å². The molecule has 1 fully saturated rings. The van der Waals surface area contributed by atoms with Crippen LogP contribution in [0.15, 0.2) is 36.5 Å². The number of carbonyl (C=O) groups is 5. The van der Waals surface area contributed by atoms with Crippen LogP contribution in [0.4, 0.5) is 5.69 Å². The molecule has 1 saturated heterocycles. The monoisotopic (exact) mass is 417 g/mol. The van der Waals surface area contributed by atoms with Gasteiger partial charge in [-0.1, -0.05) is 6.07 Å². The third-order valence-corrected chi connectivity index (χ3v) is 5.07. The third-order valence-electron chi connectivity index (χ3n) is 5.07. The van der Waals surface area contributed by atoms with Crippen molar-refractivity contribution in [1.29, 1.82) is 0 Å². The fourth-order valence-electron chi connectivity index (χ4n) is 3.47. The third kappa shape index (κ3) is 3.64. The zero-order chi connectivity index (χ0) is 22.1. The minimum absolute atomic E-state index is 0.0295. The standard InChI is InChI=1S/C21H15N5O5/c1-22-12-3-4-13(23-9-12)10-24-18(28)11-2-5-14-15(8-11)21(31)26(20(14)30)16-6-7-17(27)25-19(16)29/h2-5,8-9,16H,6-7,10H2,(H,24,28)(H,25,27,29). The molecule has 4 rings (SSSR count). The van der Waals surface area contributed by atoms with Gasteiger partial charge >= 0.3 is 0 Å². The minimum Gasteiger partial charge on any atom is -0.346 e. The van der Waals surface area contributed by atoms with Gasteiger partial charge in [-0.3, -0.25) is 39.2 Å². The van der Waals surface area contributed by atoms with Crippen molar-refractivity contribution in [1.82, 2.24) is 20.5 Å². The van der Waals surface area contributed by atoms with E-state index in [2.05, 4.69) is 20.5 Å². The van der Waals surface area contributed by atoms with Crippen LogP contribution in [-0.4, -0.2) is 45.5 Å². The molecule has 154 valence electrons. The maximum absolute atomic E-state index is 12.8. The second kappa shape index (κ2) is 7.79.